The number of nitrogens with zero attached hydrogens (tertiary/aromatic N) is 3. The molecule has 192 valence electrons. The lowest BCUT2D eigenvalue weighted by molar-refractivity contribution is -0.117. The molecule has 1 aliphatic heterocycles. The lowest BCUT2D eigenvalue weighted by Crippen LogP contribution is -2.35. The topological polar surface area (TPSA) is 87.5 Å². The second-order valence-electron chi connectivity index (χ2n) is 9.78. The number of para-hydroxylation sites is 2. The van der Waals surface area contributed by atoms with Crippen LogP contribution >= 0.6 is 0 Å². The van der Waals surface area contributed by atoms with Crippen LogP contribution in [-0.2, 0) is 11.2 Å². The summed E-state index contributed by atoms with van der Waals surface area (Å²) >= 11 is 0. The number of primary amides is 1. The maximum Gasteiger partial charge on any atom is 0.221 e. The molecular weight excluding hydrogens is 462 g/mol. The zero-order valence-corrected chi connectivity index (χ0v) is 21.4. The van der Waals surface area contributed by atoms with Crippen LogP contribution in [0.15, 0.2) is 72.8 Å². The number of likely N-dealkylation sites (tertiary alicyclic amines) is 1. The van der Waals surface area contributed by atoms with Gasteiger partial charge in [-0.15, -0.1) is 0 Å². The molecule has 1 saturated heterocycles. The molecule has 1 aliphatic rings. The Bertz CT molecular complexity index is 1290. The van der Waals surface area contributed by atoms with Gasteiger partial charge in [0.15, 0.2) is 0 Å². The molecule has 4 aromatic rings. The molecule has 0 radical (unpaired) electrons. The van der Waals surface area contributed by atoms with Crippen LogP contribution in [0.4, 0.5) is 11.6 Å². The number of imidazole rings is 1. The highest BCUT2D eigenvalue weighted by molar-refractivity contribution is 5.79. The number of hydrogen-bond donors (Lipinski definition) is 2. The lowest BCUT2D eigenvalue weighted by atomic mass is 9.88. The molecule has 3 N–H and O–H groups in total. The number of piperidine rings is 1. The summed E-state index contributed by atoms with van der Waals surface area (Å²) in [5.74, 6) is 1.96. The summed E-state index contributed by atoms with van der Waals surface area (Å²) < 4.78 is 5.36. The molecule has 0 atom stereocenters. The number of nitrogens with one attached hydrogen (secondary N) is 1. The number of H-pyrrole nitrogens is 1. The molecular formula is C30H35N5O2. The van der Waals surface area contributed by atoms with Crippen molar-refractivity contribution in [1.82, 2.24) is 14.9 Å². The van der Waals surface area contributed by atoms with Gasteiger partial charge in [-0.1, -0.05) is 36.4 Å². The number of carbonyl (C=O) groups excluding carboxylic acids is 1. The van der Waals surface area contributed by atoms with Gasteiger partial charge in [-0.2, -0.15) is 0 Å². The Morgan fingerprint density at radius 2 is 1.86 bits per heavy atom. The molecule has 2 heterocycles. The Balaban J connectivity index is 1.20. The van der Waals surface area contributed by atoms with E-state index in [-0.39, 0.29) is 5.91 Å². The number of nitrogens with two attached hydrogens (primary N) is 1. The van der Waals surface area contributed by atoms with Crippen molar-refractivity contribution >= 4 is 28.6 Å². The number of carbonyl (C=O) groups is 1. The van der Waals surface area contributed by atoms with E-state index >= 15 is 0 Å². The highest BCUT2D eigenvalue weighted by atomic mass is 16.5. The predicted octanol–water partition coefficient (Wildman–Crippen LogP) is 5.01. The van der Waals surface area contributed by atoms with Crippen molar-refractivity contribution in [3.05, 3.63) is 83.9 Å². The van der Waals surface area contributed by atoms with Crippen LogP contribution in [0.2, 0.25) is 0 Å². The third-order valence-electron chi connectivity index (χ3n) is 7.26. The number of aromatic amines is 1. The number of rotatable bonds is 10. The van der Waals surface area contributed by atoms with E-state index in [0.717, 1.165) is 79.4 Å². The van der Waals surface area contributed by atoms with Crippen molar-refractivity contribution in [1.29, 1.82) is 0 Å². The Labute approximate surface area is 218 Å². The molecule has 1 amide bonds. The van der Waals surface area contributed by atoms with Crippen LogP contribution in [0.5, 0.6) is 5.75 Å². The van der Waals surface area contributed by atoms with Crippen LogP contribution in [0.25, 0.3) is 11.0 Å². The highest BCUT2D eigenvalue weighted by Gasteiger charge is 2.21. The van der Waals surface area contributed by atoms with Crippen LogP contribution < -0.4 is 15.4 Å². The first-order chi connectivity index (χ1) is 18.1. The molecule has 0 aliphatic carbocycles. The van der Waals surface area contributed by atoms with Gasteiger partial charge >= 0.3 is 0 Å². The minimum absolute atomic E-state index is 0.279. The Morgan fingerprint density at radius 1 is 1.08 bits per heavy atom. The minimum Gasteiger partial charge on any atom is -0.497 e. The van der Waals surface area contributed by atoms with Crippen LogP contribution in [-0.4, -0.2) is 54.1 Å². The number of hydrogen-bond acceptors (Lipinski definition) is 5. The Kier molecular flexibility index (Phi) is 7.70. The first-order valence-electron chi connectivity index (χ1n) is 13.0. The molecule has 37 heavy (non-hydrogen) atoms. The van der Waals surface area contributed by atoms with E-state index in [1.165, 1.54) is 5.56 Å². The van der Waals surface area contributed by atoms with Crippen molar-refractivity contribution in [3.8, 4) is 5.75 Å². The third kappa shape index (κ3) is 6.12. The number of amides is 1. The average Bonchev–Trinajstić information content (AvgIpc) is 3.35. The van der Waals surface area contributed by atoms with Gasteiger partial charge in [0.25, 0.3) is 0 Å². The van der Waals surface area contributed by atoms with E-state index in [4.69, 9.17) is 15.5 Å². The molecule has 0 saturated carbocycles. The van der Waals surface area contributed by atoms with E-state index in [9.17, 15) is 4.79 Å². The summed E-state index contributed by atoms with van der Waals surface area (Å²) in [6.45, 7) is 4.07. The second-order valence-corrected chi connectivity index (χ2v) is 9.78. The van der Waals surface area contributed by atoms with Gasteiger partial charge in [-0.05, 0) is 92.3 Å². The number of methoxy groups -OCH3 is 1. The van der Waals surface area contributed by atoms with E-state index in [1.54, 1.807) is 7.11 Å². The smallest absolute Gasteiger partial charge is 0.221 e. The zero-order chi connectivity index (χ0) is 25.6. The van der Waals surface area contributed by atoms with Gasteiger partial charge in [0.1, 0.15) is 5.75 Å². The van der Waals surface area contributed by atoms with Crippen molar-refractivity contribution in [2.75, 3.05) is 38.2 Å². The van der Waals surface area contributed by atoms with Gasteiger partial charge in [0.2, 0.25) is 11.9 Å². The van der Waals surface area contributed by atoms with Gasteiger partial charge in [0, 0.05) is 12.2 Å². The molecule has 3 aromatic carbocycles. The van der Waals surface area contributed by atoms with Gasteiger partial charge < -0.3 is 25.3 Å². The summed E-state index contributed by atoms with van der Waals surface area (Å²) in [6.07, 6.45) is 3.60. The molecule has 1 fully saturated rings. The van der Waals surface area contributed by atoms with E-state index in [2.05, 4.69) is 45.1 Å². The fourth-order valence-corrected chi connectivity index (χ4v) is 5.29. The normalized spacial score (nSPS) is 14.6. The van der Waals surface area contributed by atoms with Crippen LogP contribution in [0, 0.1) is 0 Å². The number of anilines is 2. The minimum atomic E-state index is -0.279. The summed E-state index contributed by atoms with van der Waals surface area (Å²) in [7, 11) is 1.69. The number of aromatic nitrogens is 2. The largest absolute Gasteiger partial charge is 0.497 e. The fraction of sp³-hybridized carbons (Fsp3) is 0.333. The van der Waals surface area contributed by atoms with Crippen LogP contribution in [0.1, 0.15) is 36.3 Å². The Morgan fingerprint density at radius 3 is 2.59 bits per heavy atom. The summed E-state index contributed by atoms with van der Waals surface area (Å²) in [5.41, 5.74) is 10.8. The molecule has 1 aromatic heterocycles. The summed E-state index contributed by atoms with van der Waals surface area (Å²) in [4.78, 5) is 24.5. The maximum absolute atomic E-state index is 11.3. The standard InChI is InChI=1S/C30H35N5O2/c1-37-26-12-10-25(11-13-26)35(30-32-27-8-2-3-9-28(27)33-30)17-5-16-34-18-14-23(15-19-34)24-7-4-6-22(20-24)21-29(31)36/h2-4,6-13,20,23H,5,14-19,21H2,1H3,(H2,31,36)(H,32,33). The summed E-state index contributed by atoms with van der Waals surface area (Å²) in [5, 5.41) is 0. The van der Waals surface area contributed by atoms with Gasteiger partial charge in [0.05, 0.1) is 24.6 Å². The van der Waals surface area contributed by atoms with E-state index < -0.39 is 0 Å². The van der Waals surface area contributed by atoms with Gasteiger partial charge in [-0.25, -0.2) is 4.98 Å². The zero-order valence-electron chi connectivity index (χ0n) is 21.4. The molecule has 5 rings (SSSR count). The Hall–Kier alpha value is -3.84. The first-order valence-corrected chi connectivity index (χ1v) is 13.0. The maximum atomic E-state index is 11.3. The average molecular weight is 498 g/mol. The molecule has 7 nitrogen and oxygen atoms in total. The van der Waals surface area contributed by atoms with Crippen molar-refractivity contribution in [3.63, 3.8) is 0 Å². The summed E-state index contributed by atoms with van der Waals surface area (Å²) in [6, 6.07) is 24.7. The van der Waals surface area contributed by atoms with Crippen molar-refractivity contribution in [2.24, 2.45) is 5.73 Å². The molecule has 7 heteroatoms. The quantitative estimate of drug-likeness (QED) is 0.322. The second kappa shape index (κ2) is 11.5. The monoisotopic (exact) mass is 497 g/mol. The molecule has 0 bridgehead atoms. The lowest BCUT2D eigenvalue weighted by Gasteiger charge is -2.33. The van der Waals surface area contributed by atoms with E-state index in [1.807, 2.05) is 42.5 Å². The van der Waals surface area contributed by atoms with Gasteiger partial charge in [-0.3, -0.25) is 4.79 Å². The highest BCUT2D eigenvalue weighted by Crippen LogP contribution is 2.30. The number of ether oxygens (including phenoxy) is 1. The molecule has 0 spiro atoms. The third-order valence-corrected chi connectivity index (χ3v) is 7.26. The molecule has 0 unspecified atom stereocenters. The number of benzene rings is 3. The SMILES string of the molecule is COc1ccc(N(CCCN2CCC(c3cccc(CC(N)=O)c3)CC2)c2nc3ccccc3[nH]2)cc1. The van der Waals surface area contributed by atoms with Crippen molar-refractivity contribution in [2.45, 2.75) is 31.6 Å². The van der Waals surface area contributed by atoms with Crippen LogP contribution in [0.3, 0.4) is 0 Å². The fourth-order valence-electron chi connectivity index (χ4n) is 5.29. The number of fused-ring (bicyclic) bond motifs is 1. The van der Waals surface area contributed by atoms with Crippen molar-refractivity contribution < 1.29 is 9.53 Å². The predicted molar refractivity (Wildman–Crippen MR) is 148 cm³/mol. The van der Waals surface area contributed by atoms with E-state index in [0.29, 0.717) is 12.3 Å². The first kappa shape index (κ1) is 24.8.